The van der Waals surface area contributed by atoms with Crippen molar-refractivity contribution in [3.05, 3.63) is 35.9 Å². The Labute approximate surface area is 124 Å². The zero-order chi connectivity index (χ0) is 14.6. The van der Waals surface area contributed by atoms with Gasteiger partial charge in [0, 0.05) is 33.3 Å². The summed E-state index contributed by atoms with van der Waals surface area (Å²) in [5.74, 6) is 1.30. The molecule has 2 N–H and O–H groups in total. The molecule has 0 radical (unpaired) electrons. The van der Waals surface area contributed by atoms with Gasteiger partial charge in [0.05, 0.1) is 6.61 Å². The van der Waals surface area contributed by atoms with Crippen molar-refractivity contribution in [3.8, 4) is 0 Å². The fourth-order valence-corrected chi connectivity index (χ4v) is 2.37. The van der Waals surface area contributed by atoms with Crippen molar-refractivity contribution in [3.63, 3.8) is 0 Å². The Balaban J connectivity index is 2.32. The van der Waals surface area contributed by atoms with Gasteiger partial charge in [-0.3, -0.25) is 0 Å². The van der Waals surface area contributed by atoms with Crippen LogP contribution in [0.3, 0.4) is 0 Å². The lowest BCUT2D eigenvalue weighted by Gasteiger charge is -2.24. The van der Waals surface area contributed by atoms with Crippen LogP contribution in [0.5, 0.6) is 0 Å². The number of rotatable bonds is 11. The van der Waals surface area contributed by atoms with Gasteiger partial charge in [-0.05, 0) is 17.4 Å². The molecule has 0 heterocycles. The number of hydrogen-bond acceptors (Lipinski definition) is 3. The topological polar surface area (TPSA) is 33.3 Å². The van der Waals surface area contributed by atoms with E-state index in [9.17, 15) is 0 Å². The average molecular weight is 278 g/mol. The Morgan fingerprint density at radius 3 is 2.40 bits per heavy atom. The van der Waals surface area contributed by atoms with E-state index in [0.29, 0.717) is 11.8 Å². The maximum atomic E-state index is 5.01. The molecule has 0 aromatic heterocycles. The van der Waals surface area contributed by atoms with Gasteiger partial charge in [0.2, 0.25) is 0 Å². The Morgan fingerprint density at radius 1 is 1.05 bits per heavy atom. The molecule has 3 nitrogen and oxygen atoms in total. The van der Waals surface area contributed by atoms with Gasteiger partial charge in [0.1, 0.15) is 0 Å². The average Bonchev–Trinajstić information content (AvgIpc) is 2.50. The summed E-state index contributed by atoms with van der Waals surface area (Å²) in [7, 11) is 1.73. The smallest absolute Gasteiger partial charge is 0.0587 e. The highest BCUT2D eigenvalue weighted by Gasteiger charge is 2.17. The molecule has 0 saturated heterocycles. The number of benzene rings is 1. The third kappa shape index (κ3) is 6.51. The minimum absolute atomic E-state index is 0.597. The highest BCUT2D eigenvalue weighted by Crippen LogP contribution is 2.25. The number of nitrogens with one attached hydrogen (secondary N) is 2. The molecule has 0 saturated carbocycles. The summed E-state index contributed by atoms with van der Waals surface area (Å²) in [6.07, 6.45) is 1.22. The molecule has 0 aliphatic carbocycles. The Hall–Kier alpha value is -0.900. The van der Waals surface area contributed by atoms with E-state index in [2.05, 4.69) is 54.8 Å². The van der Waals surface area contributed by atoms with E-state index < -0.39 is 0 Å². The van der Waals surface area contributed by atoms with Crippen molar-refractivity contribution in [2.75, 3.05) is 39.9 Å². The lowest BCUT2D eigenvalue weighted by atomic mass is 9.85. The molecule has 0 spiro atoms. The Kier molecular flexibility index (Phi) is 9.29. The van der Waals surface area contributed by atoms with Crippen molar-refractivity contribution in [2.45, 2.75) is 26.2 Å². The first-order valence-corrected chi connectivity index (χ1v) is 7.74. The molecule has 1 aromatic carbocycles. The second-order valence-corrected chi connectivity index (χ2v) is 5.35. The third-order valence-corrected chi connectivity index (χ3v) is 3.88. The first kappa shape index (κ1) is 17.2. The lowest BCUT2D eigenvalue weighted by Crippen LogP contribution is -2.33. The summed E-state index contributed by atoms with van der Waals surface area (Å²) in [5, 5.41) is 6.93. The van der Waals surface area contributed by atoms with E-state index >= 15 is 0 Å². The minimum Gasteiger partial charge on any atom is -0.383 e. The molecule has 0 bridgehead atoms. The molecule has 2 atom stereocenters. The van der Waals surface area contributed by atoms with Crippen LogP contribution >= 0.6 is 0 Å². The molecule has 0 fully saturated rings. The van der Waals surface area contributed by atoms with Gasteiger partial charge in [0.25, 0.3) is 0 Å². The molecule has 1 rings (SSSR count). The number of methoxy groups -OCH3 is 1. The van der Waals surface area contributed by atoms with E-state index in [1.807, 2.05) is 0 Å². The summed E-state index contributed by atoms with van der Waals surface area (Å²) in [6, 6.07) is 10.9. The molecule has 20 heavy (non-hydrogen) atoms. The molecule has 0 aliphatic heterocycles. The predicted octanol–water partition coefficient (Wildman–Crippen LogP) is 2.64. The van der Waals surface area contributed by atoms with Gasteiger partial charge in [0.15, 0.2) is 0 Å². The van der Waals surface area contributed by atoms with Gasteiger partial charge < -0.3 is 15.4 Å². The first-order valence-electron chi connectivity index (χ1n) is 7.74. The largest absolute Gasteiger partial charge is 0.383 e. The van der Waals surface area contributed by atoms with Crippen molar-refractivity contribution in [1.29, 1.82) is 0 Å². The minimum atomic E-state index is 0.597. The van der Waals surface area contributed by atoms with E-state index in [4.69, 9.17) is 4.74 Å². The molecule has 1 aromatic rings. The second kappa shape index (κ2) is 10.8. The van der Waals surface area contributed by atoms with E-state index in [1.54, 1.807) is 7.11 Å². The SMILES string of the molecule is CCC(C)C(CNCCNCCOC)c1ccccc1. The lowest BCUT2D eigenvalue weighted by molar-refractivity contribution is 0.199. The highest BCUT2D eigenvalue weighted by molar-refractivity contribution is 5.20. The van der Waals surface area contributed by atoms with Crippen LogP contribution in [0.2, 0.25) is 0 Å². The zero-order valence-electron chi connectivity index (χ0n) is 13.2. The molecule has 2 unspecified atom stereocenters. The maximum absolute atomic E-state index is 5.01. The fraction of sp³-hybridized carbons (Fsp3) is 0.647. The highest BCUT2D eigenvalue weighted by atomic mass is 16.5. The van der Waals surface area contributed by atoms with Crippen LogP contribution in [0.4, 0.5) is 0 Å². The monoisotopic (exact) mass is 278 g/mol. The Bertz CT molecular complexity index is 329. The van der Waals surface area contributed by atoms with Crippen LogP contribution in [-0.4, -0.2) is 39.9 Å². The normalized spacial score (nSPS) is 14.2. The number of hydrogen-bond donors (Lipinski definition) is 2. The summed E-state index contributed by atoms with van der Waals surface area (Å²) in [5.41, 5.74) is 1.45. The van der Waals surface area contributed by atoms with Crippen LogP contribution in [0, 0.1) is 5.92 Å². The van der Waals surface area contributed by atoms with Crippen molar-refractivity contribution in [2.24, 2.45) is 5.92 Å². The van der Waals surface area contributed by atoms with E-state index in [1.165, 1.54) is 12.0 Å². The summed E-state index contributed by atoms with van der Waals surface area (Å²) in [4.78, 5) is 0. The summed E-state index contributed by atoms with van der Waals surface area (Å²) < 4.78 is 5.01. The summed E-state index contributed by atoms with van der Waals surface area (Å²) in [6.45, 7) is 9.36. The van der Waals surface area contributed by atoms with Gasteiger partial charge in [-0.25, -0.2) is 0 Å². The van der Waals surface area contributed by atoms with Gasteiger partial charge in [-0.15, -0.1) is 0 Å². The van der Waals surface area contributed by atoms with E-state index in [0.717, 1.165) is 32.8 Å². The second-order valence-electron chi connectivity index (χ2n) is 5.35. The maximum Gasteiger partial charge on any atom is 0.0587 e. The predicted molar refractivity (Wildman–Crippen MR) is 86.3 cm³/mol. The molecular weight excluding hydrogens is 248 g/mol. The molecular formula is C17H30N2O. The molecule has 114 valence electrons. The van der Waals surface area contributed by atoms with Crippen LogP contribution in [0.15, 0.2) is 30.3 Å². The summed E-state index contributed by atoms with van der Waals surface area (Å²) >= 11 is 0. The zero-order valence-corrected chi connectivity index (χ0v) is 13.2. The fourth-order valence-electron chi connectivity index (χ4n) is 2.37. The van der Waals surface area contributed by atoms with Crippen molar-refractivity contribution >= 4 is 0 Å². The molecule has 0 amide bonds. The molecule has 3 heteroatoms. The Morgan fingerprint density at radius 2 is 1.75 bits per heavy atom. The van der Waals surface area contributed by atoms with Crippen LogP contribution in [0.1, 0.15) is 31.7 Å². The van der Waals surface area contributed by atoms with Gasteiger partial charge >= 0.3 is 0 Å². The van der Waals surface area contributed by atoms with E-state index in [-0.39, 0.29) is 0 Å². The van der Waals surface area contributed by atoms with Crippen LogP contribution < -0.4 is 10.6 Å². The van der Waals surface area contributed by atoms with Crippen molar-refractivity contribution in [1.82, 2.24) is 10.6 Å². The van der Waals surface area contributed by atoms with Gasteiger partial charge in [-0.1, -0.05) is 50.6 Å². The standard InChI is InChI=1S/C17H30N2O/c1-4-15(2)17(16-8-6-5-7-9-16)14-19-11-10-18-12-13-20-3/h5-9,15,17-19H,4,10-14H2,1-3H3. The molecule has 0 aliphatic rings. The van der Waals surface area contributed by atoms with Crippen molar-refractivity contribution < 1.29 is 4.74 Å². The van der Waals surface area contributed by atoms with Gasteiger partial charge in [-0.2, -0.15) is 0 Å². The first-order chi connectivity index (χ1) is 9.79. The quantitative estimate of drug-likeness (QED) is 0.611. The number of ether oxygens (including phenoxy) is 1. The van der Waals surface area contributed by atoms with Crippen LogP contribution in [-0.2, 0) is 4.74 Å². The van der Waals surface area contributed by atoms with Crippen LogP contribution in [0.25, 0.3) is 0 Å². The third-order valence-electron chi connectivity index (χ3n) is 3.88.